The second kappa shape index (κ2) is 4.93. The summed E-state index contributed by atoms with van der Waals surface area (Å²) in [6.07, 6.45) is 0. The van der Waals surface area contributed by atoms with E-state index in [1.54, 1.807) is 0 Å². The first kappa shape index (κ1) is 11.5. The maximum Gasteiger partial charge on any atom is 0.184 e. The number of hydrazone groups is 1. The Morgan fingerprint density at radius 3 is 2.65 bits per heavy atom. The van der Waals surface area contributed by atoms with Crippen LogP contribution in [0.3, 0.4) is 0 Å². The summed E-state index contributed by atoms with van der Waals surface area (Å²) in [7, 11) is 0. The van der Waals surface area contributed by atoms with Crippen molar-refractivity contribution in [1.29, 1.82) is 0 Å². The Bertz CT molecular complexity index is 585. The molecule has 0 aliphatic rings. The molecule has 0 saturated heterocycles. The molecule has 0 heterocycles. The molecule has 0 aromatic heterocycles. The molecular formula is C13H13N3S. The van der Waals surface area contributed by atoms with Crippen LogP contribution in [0.15, 0.2) is 47.6 Å². The second-order valence-corrected chi connectivity index (χ2v) is 4.14. The van der Waals surface area contributed by atoms with E-state index in [-0.39, 0.29) is 5.11 Å². The molecule has 0 unspecified atom stereocenters. The van der Waals surface area contributed by atoms with Gasteiger partial charge >= 0.3 is 0 Å². The van der Waals surface area contributed by atoms with Crippen LogP contribution in [0.2, 0.25) is 0 Å². The molecule has 0 aliphatic carbocycles. The molecule has 86 valence electrons. The normalized spacial score (nSPS) is 11.5. The van der Waals surface area contributed by atoms with Gasteiger partial charge < -0.3 is 5.73 Å². The lowest BCUT2D eigenvalue weighted by atomic mass is 10.0. The number of nitrogens with two attached hydrogens (primary N) is 1. The topological polar surface area (TPSA) is 50.4 Å². The molecule has 0 aliphatic heterocycles. The first-order valence-corrected chi connectivity index (χ1v) is 5.67. The molecule has 0 radical (unpaired) electrons. The van der Waals surface area contributed by atoms with Gasteiger partial charge in [0, 0.05) is 5.56 Å². The van der Waals surface area contributed by atoms with E-state index in [2.05, 4.69) is 28.7 Å². The molecule has 2 rings (SSSR count). The van der Waals surface area contributed by atoms with Crippen LogP contribution >= 0.6 is 12.2 Å². The van der Waals surface area contributed by atoms with Crippen LogP contribution in [0.5, 0.6) is 0 Å². The molecule has 3 N–H and O–H groups in total. The third-order valence-corrected chi connectivity index (χ3v) is 2.60. The monoisotopic (exact) mass is 243 g/mol. The van der Waals surface area contributed by atoms with Crippen molar-refractivity contribution in [3.63, 3.8) is 0 Å². The van der Waals surface area contributed by atoms with Crippen LogP contribution in [0.1, 0.15) is 12.5 Å². The smallest absolute Gasteiger partial charge is 0.184 e. The van der Waals surface area contributed by atoms with E-state index in [9.17, 15) is 0 Å². The minimum Gasteiger partial charge on any atom is -0.375 e. The van der Waals surface area contributed by atoms with Crippen LogP contribution < -0.4 is 11.2 Å². The van der Waals surface area contributed by atoms with Crippen LogP contribution in [0.25, 0.3) is 10.8 Å². The van der Waals surface area contributed by atoms with Crippen molar-refractivity contribution in [2.24, 2.45) is 10.8 Å². The summed E-state index contributed by atoms with van der Waals surface area (Å²) in [5, 5.41) is 6.67. The molecule has 0 spiro atoms. The van der Waals surface area contributed by atoms with Gasteiger partial charge in [0.15, 0.2) is 5.11 Å². The van der Waals surface area contributed by atoms with Gasteiger partial charge in [-0.05, 0) is 29.9 Å². The number of nitrogens with one attached hydrogen (secondary N) is 1. The van der Waals surface area contributed by atoms with E-state index in [4.69, 9.17) is 18.0 Å². The Morgan fingerprint density at radius 2 is 1.88 bits per heavy atom. The quantitative estimate of drug-likeness (QED) is 0.484. The van der Waals surface area contributed by atoms with Crippen LogP contribution in [-0.4, -0.2) is 10.8 Å². The van der Waals surface area contributed by atoms with Gasteiger partial charge in [-0.3, -0.25) is 5.43 Å². The molecule has 0 amide bonds. The first-order valence-electron chi connectivity index (χ1n) is 5.26. The summed E-state index contributed by atoms with van der Waals surface area (Å²) in [5.41, 5.74) is 9.88. The van der Waals surface area contributed by atoms with Crippen molar-refractivity contribution in [3.8, 4) is 0 Å². The number of thiocarbonyl (C=S) groups is 1. The largest absolute Gasteiger partial charge is 0.375 e. The maximum absolute atomic E-state index is 5.34. The fourth-order valence-electron chi connectivity index (χ4n) is 1.74. The van der Waals surface area contributed by atoms with E-state index in [1.807, 2.05) is 31.2 Å². The van der Waals surface area contributed by atoms with Gasteiger partial charge in [0.1, 0.15) is 0 Å². The second-order valence-electron chi connectivity index (χ2n) is 3.70. The molecule has 4 heteroatoms. The maximum atomic E-state index is 5.34. The Hall–Kier alpha value is -1.94. The highest BCUT2D eigenvalue weighted by Crippen LogP contribution is 2.18. The average Bonchev–Trinajstić information content (AvgIpc) is 2.35. The number of hydrogen-bond acceptors (Lipinski definition) is 2. The van der Waals surface area contributed by atoms with Gasteiger partial charge in [0.05, 0.1) is 5.71 Å². The van der Waals surface area contributed by atoms with Gasteiger partial charge in [0.25, 0.3) is 0 Å². The van der Waals surface area contributed by atoms with Gasteiger partial charge in [0.2, 0.25) is 0 Å². The molecule has 0 saturated carbocycles. The SMILES string of the molecule is CC(=NNC(N)=S)c1cccc2ccccc12. The Morgan fingerprint density at radius 1 is 1.18 bits per heavy atom. The summed E-state index contributed by atoms with van der Waals surface area (Å²) < 4.78 is 0. The Kier molecular flexibility index (Phi) is 3.35. The molecule has 0 fully saturated rings. The van der Waals surface area contributed by atoms with E-state index in [0.717, 1.165) is 11.3 Å². The van der Waals surface area contributed by atoms with E-state index in [1.165, 1.54) is 10.8 Å². The van der Waals surface area contributed by atoms with E-state index < -0.39 is 0 Å². The fraction of sp³-hybridized carbons (Fsp3) is 0.0769. The number of nitrogens with zero attached hydrogens (tertiary/aromatic N) is 1. The molecule has 0 bridgehead atoms. The molecule has 2 aromatic carbocycles. The van der Waals surface area contributed by atoms with Crippen LogP contribution in [0.4, 0.5) is 0 Å². The molecule has 17 heavy (non-hydrogen) atoms. The van der Waals surface area contributed by atoms with Crippen LogP contribution in [0, 0.1) is 0 Å². The van der Waals surface area contributed by atoms with Crippen molar-refractivity contribution < 1.29 is 0 Å². The average molecular weight is 243 g/mol. The Labute approximate surface area is 105 Å². The van der Waals surface area contributed by atoms with Crippen LogP contribution in [-0.2, 0) is 0 Å². The predicted molar refractivity (Wildman–Crippen MR) is 76.1 cm³/mol. The van der Waals surface area contributed by atoms with Crippen molar-refractivity contribution in [1.82, 2.24) is 5.43 Å². The lowest BCUT2D eigenvalue weighted by Crippen LogP contribution is -2.25. The van der Waals surface area contributed by atoms with Crippen molar-refractivity contribution >= 4 is 33.8 Å². The van der Waals surface area contributed by atoms with Crippen molar-refractivity contribution in [3.05, 3.63) is 48.0 Å². The molecule has 3 nitrogen and oxygen atoms in total. The standard InChI is InChI=1S/C13H13N3S/c1-9(15-16-13(14)17)11-8-4-6-10-5-2-3-7-12(10)11/h2-8H,1H3,(H3,14,16,17). The molecule has 0 atom stereocenters. The third kappa shape index (κ3) is 2.60. The molecular weight excluding hydrogens is 230 g/mol. The van der Waals surface area contributed by atoms with Gasteiger partial charge in [-0.25, -0.2) is 0 Å². The summed E-state index contributed by atoms with van der Waals surface area (Å²) in [6.45, 7) is 1.92. The number of hydrogen-bond donors (Lipinski definition) is 2. The predicted octanol–water partition coefficient (Wildman–Crippen LogP) is 2.40. The summed E-state index contributed by atoms with van der Waals surface area (Å²) in [6, 6.07) is 14.3. The van der Waals surface area contributed by atoms with Crippen molar-refractivity contribution in [2.75, 3.05) is 0 Å². The zero-order valence-electron chi connectivity index (χ0n) is 9.47. The van der Waals surface area contributed by atoms with Crippen molar-refractivity contribution in [2.45, 2.75) is 6.92 Å². The van der Waals surface area contributed by atoms with E-state index in [0.29, 0.717) is 0 Å². The first-order chi connectivity index (χ1) is 8.18. The zero-order chi connectivity index (χ0) is 12.3. The third-order valence-electron chi connectivity index (χ3n) is 2.51. The van der Waals surface area contributed by atoms with Gasteiger partial charge in [-0.1, -0.05) is 42.5 Å². The highest BCUT2D eigenvalue weighted by Gasteiger charge is 2.02. The lowest BCUT2D eigenvalue weighted by molar-refractivity contribution is 1.03. The Balaban J connectivity index is 2.48. The summed E-state index contributed by atoms with van der Waals surface area (Å²) >= 11 is 4.72. The minimum atomic E-state index is 0.171. The lowest BCUT2D eigenvalue weighted by Gasteiger charge is -2.06. The highest BCUT2D eigenvalue weighted by molar-refractivity contribution is 7.80. The van der Waals surface area contributed by atoms with Gasteiger partial charge in [-0.2, -0.15) is 5.10 Å². The fourth-order valence-corrected chi connectivity index (χ4v) is 1.79. The number of rotatable bonds is 2. The minimum absolute atomic E-state index is 0.171. The number of fused-ring (bicyclic) bond motifs is 1. The molecule has 2 aromatic rings. The van der Waals surface area contributed by atoms with E-state index >= 15 is 0 Å². The van der Waals surface area contributed by atoms with Gasteiger partial charge in [-0.15, -0.1) is 0 Å². The summed E-state index contributed by atoms with van der Waals surface area (Å²) in [4.78, 5) is 0. The highest BCUT2D eigenvalue weighted by atomic mass is 32.1. The zero-order valence-corrected chi connectivity index (χ0v) is 10.3. The number of benzene rings is 2. The summed E-state index contributed by atoms with van der Waals surface area (Å²) in [5.74, 6) is 0.